The molecule has 2 heterocycles. The summed E-state index contributed by atoms with van der Waals surface area (Å²) in [7, 11) is 5.33. The van der Waals surface area contributed by atoms with E-state index in [1.54, 1.807) is 25.6 Å². The van der Waals surface area contributed by atoms with Crippen LogP contribution in [0.15, 0.2) is 18.2 Å². The molecule has 1 saturated carbocycles. The van der Waals surface area contributed by atoms with Crippen molar-refractivity contribution in [2.24, 2.45) is 0 Å². The summed E-state index contributed by atoms with van der Waals surface area (Å²) in [5.74, 6) is 1.34. The number of hydrogen-bond donors (Lipinski definition) is 1. The number of amides is 1. The maximum absolute atomic E-state index is 13.0. The molecule has 6 nitrogen and oxygen atoms in total. The van der Waals surface area contributed by atoms with Crippen LogP contribution in [0.5, 0.6) is 11.5 Å². The molecule has 1 amide bonds. The normalized spacial score (nSPS) is 18.1. The van der Waals surface area contributed by atoms with Crippen LogP contribution in [0.2, 0.25) is 0 Å². The van der Waals surface area contributed by atoms with Crippen LogP contribution in [-0.4, -0.2) is 43.6 Å². The van der Waals surface area contributed by atoms with Gasteiger partial charge in [-0.25, -0.2) is 4.98 Å². The number of anilines is 1. The lowest BCUT2D eigenvalue weighted by Crippen LogP contribution is -2.27. The van der Waals surface area contributed by atoms with Crippen molar-refractivity contribution in [1.82, 2.24) is 9.88 Å². The average Bonchev–Trinajstić information content (AvgIpc) is 3.37. The van der Waals surface area contributed by atoms with E-state index in [2.05, 4.69) is 22.2 Å². The molecule has 0 atom stereocenters. The summed E-state index contributed by atoms with van der Waals surface area (Å²) in [4.78, 5) is 21.2. The van der Waals surface area contributed by atoms with Gasteiger partial charge in [-0.2, -0.15) is 0 Å². The predicted molar refractivity (Wildman–Crippen MR) is 101 cm³/mol. The van der Waals surface area contributed by atoms with E-state index in [4.69, 9.17) is 9.47 Å². The molecule has 7 heteroatoms. The quantitative estimate of drug-likeness (QED) is 0.873. The first-order chi connectivity index (χ1) is 12.6. The number of aromatic nitrogens is 1. The van der Waals surface area contributed by atoms with Crippen LogP contribution in [0, 0.1) is 0 Å². The molecule has 4 rings (SSSR count). The third-order valence-electron chi connectivity index (χ3n) is 5.26. The van der Waals surface area contributed by atoms with Crippen molar-refractivity contribution in [2.75, 3.05) is 33.1 Å². The molecule has 0 spiro atoms. The molecule has 1 N–H and O–H groups in total. The number of nitrogens with one attached hydrogen (secondary N) is 1. The average molecular weight is 373 g/mol. The fourth-order valence-corrected chi connectivity index (χ4v) is 4.58. The Labute approximate surface area is 157 Å². The minimum absolute atomic E-state index is 0.0178. The van der Waals surface area contributed by atoms with Crippen LogP contribution in [0.25, 0.3) is 0 Å². The van der Waals surface area contributed by atoms with Crippen molar-refractivity contribution in [3.8, 4) is 11.5 Å². The van der Waals surface area contributed by atoms with E-state index < -0.39 is 5.41 Å². The molecule has 1 aromatic carbocycles. The van der Waals surface area contributed by atoms with Crippen LogP contribution in [-0.2, 0) is 23.2 Å². The Balaban J connectivity index is 1.55. The highest BCUT2D eigenvalue weighted by Gasteiger charge is 2.51. The fourth-order valence-electron chi connectivity index (χ4n) is 3.50. The number of methoxy groups -OCH3 is 2. The number of carbonyl (C=O) groups excluding carboxylic acids is 1. The summed E-state index contributed by atoms with van der Waals surface area (Å²) in [5, 5.41) is 3.77. The van der Waals surface area contributed by atoms with E-state index >= 15 is 0 Å². The second kappa shape index (κ2) is 6.55. The molecule has 0 saturated heterocycles. The smallest absolute Gasteiger partial charge is 0.236 e. The maximum atomic E-state index is 13.0. The minimum Gasteiger partial charge on any atom is -0.493 e. The van der Waals surface area contributed by atoms with E-state index in [9.17, 15) is 4.79 Å². The molecule has 1 aliphatic carbocycles. The van der Waals surface area contributed by atoms with Gasteiger partial charge < -0.3 is 19.7 Å². The number of ether oxygens (including phenoxy) is 2. The molecular weight excluding hydrogens is 350 g/mol. The van der Waals surface area contributed by atoms with Crippen LogP contribution in [0.3, 0.4) is 0 Å². The number of benzene rings is 1. The first kappa shape index (κ1) is 17.3. The Hall–Kier alpha value is -2.12. The summed E-state index contributed by atoms with van der Waals surface area (Å²) < 4.78 is 10.7. The third-order valence-corrected chi connectivity index (χ3v) is 6.26. The van der Waals surface area contributed by atoms with Crippen molar-refractivity contribution in [3.05, 3.63) is 34.3 Å². The van der Waals surface area contributed by atoms with Crippen molar-refractivity contribution in [2.45, 2.75) is 31.2 Å². The van der Waals surface area contributed by atoms with Crippen molar-refractivity contribution in [3.63, 3.8) is 0 Å². The van der Waals surface area contributed by atoms with Gasteiger partial charge >= 0.3 is 0 Å². The topological polar surface area (TPSA) is 63.7 Å². The van der Waals surface area contributed by atoms with Gasteiger partial charge in [0.05, 0.1) is 25.3 Å². The van der Waals surface area contributed by atoms with Gasteiger partial charge in [-0.05, 0) is 37.6 Å². The number of hydrogen-bond acceptors (Lipinski definition) is 6. The van der Waals surface area contributed by atoms with E-state index in [1.807, 2.05) is 18.2 Å². The van der Waals surface area contributed by atoms with Crippen LogP contribution >= 0.6 is 11.3 Å². The SMILES string of the molecule is COc1ccc(C2(C(=O)Nc3nc4c(s3)CN(C)CC4)CC2)cc1OC. The summed E-state index contributed by atoms with van der Waals surface area (Å²) in [6.45, 7) is 1.92. The molecule has 2 aromatic rings. The molecule has 1 aliphatic heterocycles. The van der Waals surface area contributed by atoms with Crippen molar-refractivity contribution >= 4 is 22.4 Å². The number of nitrogens with zero attached hydrogens (tertiary/aromatic N) is 2. The summed E-state index contributed by atoms with van der Waals surface area (Å²) in [5.41, 5.74) is 1.61. The van der Waals surface area contributed by atoms with Gasteiger partial charge in [0, 0.05) is 24.4 Å². The fraction of sp³-hybridized carbons (Fsp3) is 0.474. The van der Waals surface area contributed by atoms with E-state index in [0.717, 1.165) is 43.6 Å². The Kier molecular flexibility index (Phi) is 4.36. The first-order valence-corrected chi connectivity index (χ1v) is 9.58. The van der Waals surface area contributed by atoms with E-state index in [1.165, 1.54) is 4.88 Å². The summed E-state index contributed by atoms with van der Waals surface area (Å²) in [6.07, 6.45) is 2.61. The minimum atomic E-state index is -0.484. The maximum Gasteiger partial charge on any atom is 0.236 e. The van der Waals surface area contributed by atoms with Gasteiger partial charge in [0.25, 0.3) is 0 Å². The van der Waals surface area contributed by atoms with Gasteiger partial charge in [-0.3, -0.25) is 4.79 Å². The molecule has 0 bridgehead atoms. The Morgan fingerprint density at radius 2 is 2.04 bits per heavy atom. The lowest BCUT2D eigenvalue weighted by Gasteiger charge is -2.20. The molecule has 138 valence electrons. The van der Waals surface area contributed by atoms with Crippen LogP contribution < -0.4 is 14.8 Å². The number of fused-ring (bicyclic) bond motifs is 1. The molecule has 2 aliphatic rings. The van der Waals surface area contributed by atoms with Gasteiger partial charge in [0.2, 0.25) is 5.91 Å². The number of likely N-dealkylation sites (N-methyl/N-ethyl adjacent to an activating group) is 1. The number of carbonyl (C=O) groups is 1. The van der Waals surface area contributed by atoms with E-state index in [0.29, 0.717) is 16.6 Å². The van der Waals surface area contributed by atoms with Gasteiger partial charge in [-0.15, -0.1) is 11.3 Å². The summed E-state index contributed by atoms with van der Waals surface area (Å²) in [6, 6.07) is 5.72. The number of rotatable bonds is 5. The van der Waals surface area contributed by atoms with Gasteiger partial charge in [0.15, 0.2) is 16.6 Å². The Bertz CT molecular complexity index is 845. The first-order valence-electron chi connectivity index (χ1n) is 8.77. The molecule has 1 fully saturated rings. The number of thiazole rings is 1. The highest BCUT2D eigenvalue weighted by atomic mass is 32.1. The molecule has 0 radical (unpaired) electrons. The predicted octanol–water partition coefficient (Wildman–Crippen LogP) is 2.82. The molecular formula is C19H23N3O3S. The van der Waals surface area contributed by atoms with Crippen LogP contribution in [0.1, 0.15) is 29.0 Å². The largest absolute Gasteiger partial charge is 0.493 e. The highest BCUT2D eigenvalue weighted by Crippen LogP contribution is 2.50. The van der Waals surface area contributed by atoms with Crippen LogP contribution in [0.4, 0.5) is 5.13 Å². The molecule has 26 heavy (non-hydrogen) atoms. The van der Waals surface area contributed by atoms with Crippen molar-refractivity contribution < 1.29 is 14.3 Å². The lowest BCUT2D eigenvalue weighted by molar-refractivity contribution is -0.118. The van der Waals surface area contributed by atoms with E-state index in [-0.39, 0.29) is 5.91 Å². The zero-order chi connectivity index (χ0) is 18.3. The van der Waals surface area contributed by atoms with Crippen molar-refractivity contribution in [1.29, 1.82) is 0 Å². The second-order valence-electron chi connectivity index (χ2n) is 6.98. The zero-order valence-corrected chi connectivity index (χ0v) is 16.1. The zero-order valence-electron chi connectivity index (χ0n) is 15.3. The molecule has 1 aromatic heterocycles. The third kappa shape index (κ3) is 2.95. The Morgan fingerprint density at radius 1 is 1.27 bits per heavy atom. The second-order valence-corrected chi connectivity index (χ2v) is 8.07. The molecule has 0 unspecified atom stereocenters. The monoisotopic (exact) mass is 373 g/mol. The highest BCUT2D eigenvalue weighted by molar-refractivity contribution is 7.15. The summed E-state index contributed by atoms with van der Waals surface area (Å²) >= 11 is 1.59. The van der Waals surface area contributed by atoms with Gasteiger partial charge in [-0.1, -0.05) is 6.07 Å². The Morgan fingerprint density at radius 3 is 2.73 bits per heavy atom. The standard InChI is InChI=1S/C19H23N3O3S/c1-22-9-6-13-16(11-22)26-18(20-13)21-17(23)19(7-8-19)12-4-5-14(24-2)15(10-12)25-3/h4-5,10H,6-9,11H2,1-3H3,(H,20,21,23). The van der Waals surface area contributed by atoms with Gasteiger partial charge in [0.1, 0.15) is 0 Å². The lowest BCUT2D eigenvalue weighted by atomic mass is 9.94.